The zero-order valence-electron chi connectivity index (χ0n) is 8.32. The summed E-state index contributed by atoms with van der Waals surface area (Å²) in [6.07, 6.45) is 3.71. The van der Waals surface area contributed by atoms with Gasteiger partial charge in [-0.05, 0) is 31.4 Å². The molecule has 1 unspecified atom stereocenters. The summed E-state index contributed by atoms with van der Waals surface area (Å²) in [6, 6.07) is 10.2. The van der Waals surface area contributed by atoms with Crippen LogP contribution in [0, 0.1) is 0 Å². The third kappa shape index (κ3) is 2.25. The van der Waals surface area contributed by atoms with Crippen molar-refractivity contribution in [2.24, 2.45) is 5.73 Å². The van der Waals surface area contributed by atoms with E-state index in [2.05, 4.69) is 22.6 Å². The zero-order valence-corrected chi connectivity index (χ0v) is 8.32. The number of nitrogens with zero attached hydrogens (tertiary/aromatic N) is 1. The van der Waals surface area contributed by atoms with Gasteiger partial charge in [0.1, 0.15) is 0 Å². The average molecular weight is 191 g/mol. The minimum Gasteiger partial charge on any atom is -0.317 e. The number of piperidine rings is 1. The Labute approximate surface area is 84.9 Å². The number of nitrogens with two attached hydrogens (primary N) is 1. The lowest BCUT2D eigenvalue weighted by Crippen LogP contribution is -2.48. The van der Waals surface area contributed by atoms with Crippen molar-refractivity contribution in [1.82, 2.24) is 5.01 Å². The van der Waals surface area contributed by atoms with Gasteiger partial charge in [-0.1, -0.05) is 18.2 Å². The number of anilines is 1. The first-order valence-corrected chi connectivity index (χ1v) is 5.20. The average Bonchev–Trinajstić information content (AvgIpc) is 2.23. The first kappa shape index (κ1) is 9.49. The Hall–Kier alpha value is -1.06. The van der Waals surface area contributed by atoms with Crippen molar-refractivity contribution in [1.29, 1.82) is 0 Å². The predicted octanol–water partition coefficient (Wildman–Crippen LogP) is 1.78. The van der Waals surface area contributed by atoms with Crippen LogP contribution in [0.4, 0.5) is 5.69 Å². The van der Waals surface area contributed by atoms with Crippen molar-refractivity contribution in [3.63, 3.8) is 0 Å². The van der Waals surface area contributed by atoms with Gasteiger partial charge in [-0.2, -0.15) is 0 Å². The second-order valence-corrected chi connectivity index (χ2v) is 3.73. The fourth-order valence-corrected chi connectivity index (χ4v) is 1.77. The number of benzene rings is 1. The monoisotopic (exact) mass is 191 g/mol. The van der Waals surface area contributed by atoms with Crippen molar-refractivity contribution >= 4 is 5.69 Å². The van der Waals surface area contributed by atoms with E-state index < -0.39 is 0 Å². The highest BCUT2D eigenvalue weighted by molar-refractivity contribution is 5.41. The molecule has 1 heterocycles. The van der Waals surface area contributed by atoms with E-state index in [1.807, 2.05) is 18.2 Å². The summed E-state index contributed by atoms with van der Waals surface area (Å²) in [5.74, 6) is 0. The van der Waals surface area contributed by atoms with Crippen LogP contribution >= 0.6 is 0 Å². The molecule has 3 nitrogen and oxygen atoms in total. The standard InChI is InChI=1S/C11H17N3/c12-11-8-4-5-9-14(11)13-10-6-2-1-3-7-10/h1-3,6-7,11,13H,4-5,8-9,12H2. The maximum absolute atomic E-state index is 5.99. The predicted molar refractivity (Wildman–Crippen MR) is 58.6 cm³/mol. The van der Waals surface area contributed by atoms with Gasteiger partial charge >= 0.3 is 0 Å². The molecule has 1 saturated heterocycles. The van der Waals surface area contributed by atoms with Gasteiger partial charge in [0.05, 0.1) is 6.17 Å². The molecule has 1 aliphatic heterocycles. The van der Waals surface area contributed by atoms with Crippen LogP contribution in [0.15, 0.2) is 30.3 Å². The molecule has 0 amide bonds. The van der Waals surface area contributed by atoms with E-state index >= 15 is 0 Å². The second-order valence-electron chi connectivity index (χ2n) is 3.73. The molecule has 0 aromatic heterocycles. The fraction of sp³-hybridized carbons (Fsp3) is 0.455. The Morgan fingerprint density at radius 2 is 2.00 bits per heavy atom. The summed E-state index contributed by atoms with van der Waals surface area (Å²) >= 11 is 0. The topological polar surface area (TPSA) is 41.3 Å². The Kier molecular flexibility index (Phi) is 3.01. The van der Waals surface area contributed by atoms with E-state index in [0.717, 1.165) is 18.7 Å². The Morgan fingerprint density at radius 1 is 1.21 bits per heavy atom. The van der Waals surface area contributed by atoms with Crippen LogP contribution < -0.4 is 11.2 Å². The first-order valence-electron chi connectivity index (χ1n) is 5.20. The summed E-state index contributed by atoms with van der Waals surface area (Å²) in [5, 5.41) is 2.12. The maximum atomic E-state index is 5.99. The lowest BCUT2D eigenvalue weighted by molar-refractivity contribution is 0.188. The van der Waals surface area contributed by atoms with E-state index in [4.69, 9.17) is 5.73 Å². The van der Waals surface area contributed by atoms with Crippen molar-refractivity contribution in [3.05, 3.63) is 30.3 Å². The van der Waals surface area contributed by atoms with Gasteiger partial charge in [-0.3, -0.25) is 0 Å². The molecule has 0 saturated carbocycles. The molecule has 1 aromatic carbocycles. The summed E-state index contributed by atoms with van der Waals surface area (Å²) in [6.45, 7) is 1.04. The van der Waals surface area contributed by atoms with E-state index in [1.54, 1.807) is 0 Å². The summed E-state index contributed by atoms with van der Waals surface area (Å²) in [4.78, 5) is 0. The molecule has 3 heteroatoms. The lowest BCUT2D eigenvalue weighted by Gasteiger charge is -2.33. The van der Waals surface area contributed by atoms with Gasteiger partial charge in [-0.15, -0.1) is 0 Å². The summed E-state index contributed by atoms with van der Waals surface area (Å²) in [7, 11) is 0. The number of nitrogens with one attached hydrogen (secondary N) is 1. The Balaban J connectivity index is 1.96. The SMILES string of the molecule is NC1CCCCN1Nc1ccccc1. The van der Waals surface area contributed by atoms with E-state index in [9.17, 15) is 0 Å². The van der Waals surface area contributed by atoms with Gasteiger partial charge < -0.3 is 11.2 Å². The number of hydrogen-bond acceptors (Lipinski definition) is 3. The third-order valence-electron chi connectivity index (χ3n) is 2.60. The van der Waals surface area contributed by atoms with Crippen LogP contribution in [0.25, 0.3) is 0 Å². The van der Waals surface area contributed by atoms with Crippen molar-refractivity contribution in [2.75, 3.05) is 12.0 Å². The highest BCUT2D eigenvalue weighted by atomic mass is 15.5. The van der Waals surface area contributed by atoms with Gasteiger partial charge in [0.2, 0.25) is 0 Å². The lowest BCUT2D eigenvalue weighted by atomic mass is 10.1. The second kappa shape index (κ2) is 4.44. The quantitative estimate of drug-likeness (QED) is 0.748. The Bertz CT molecular complexity index is 273. The molecule has 1 aliphatic rings. The number of para-hydroxylation sites is 1. The van der Waals surface area contributed by atoms with Crippen LogP contribution in [-0.2, 0) is 0 Å². The largest absolute Gasteiger partial charge is 0.317 e. The number of rotatable bonds is 2. The third-order valence-corrected chi connectivity index (χ3v) is 2.60. The molecule has 1 atom stereocenters. The normalized spacial score (nSPS) is 23.4. The number of hydrogen-bond donors (Lipinski definition) is 2. The number of hydrazine groups is 1. The maximum Gasteiger partial charge on any atom is 0.0756 e. The molecule has 0 bridgehead atoms. The molecular formula is C11H17N3. The minimum atomic E-state index is 0.156. The molecule has 0 aliphatic carbocycles. The van der Waals surface area contributed by atoms with E-state index in [1.165, 1.54) is 12.8 Å². The van der Waals surface area contributed by atoms with E-state index in [0.29, 0.717) is 0 Å². The zero-order chi connectivity index (χ0) is 9.80. The molecule has 14 heavy (non-hydrogen) atoms. The highest BCUT2D eigenvalue weighted by Crippen LogP contribution is 2.15. The minimum absolute atomic E-state index is 0.156. The van der Waals surface area contributed by atoms with Crippen LogP contribution in [0.3, 0.4) is 0 Å². The molecule has 0 radical (unpaired) electrons. The molecule has 1 fully saturated rings. The van der Waals surface area contributed by atoms with Gasteiger partial charge in [-0.25, -0.2) is 5.01 Å². The van der Waals surface area contributed by atoms with Crippen molar-refractivity contribution in [3.8, 4) is 0 Å². The van der Waals surface area contributed by atoms with Crippen LogP contribution in [0.1, 0.15) is 19.3 Å². The van der Waals surface area contributed by atoms with Crippen LogP contribution in [0.2, 0.25) is 0 Å². The van der Waals surface area contributed by atoms with Crippen LogP contribution in [-0.4, -0.2) is 17.7 Å². The van der Waals surface area contributed by atoms with Gasteiger partial charge in [0.25, 0.3) is 0 Å². The fourth-order valence-electron chi connectivity index (χ4n) is 1.77. The molecule has 3 N–H and O–H groups in total. The van der Waals surface area contributed by atoms with Gasteiger partial charge in [0, 0.05) is 12.2 Å². The van der Waals surface area contributed by atoms with Crippen LogP contribution in [0.5, 0.6) is 0 Å². The first-order chi connectivity index (χ1) is 6.86. The summed E-state index contributed by atoms with van der Waals surface area (Å²) < 4.78 is 0. The summed E-state index contributed by atoms with van der Waals surface area (Å²) in [5.41, 5.74) is 10.4. The molecule has 1 aromatic rings. The van der Waals surface area contributed by atoms with E-state index in [-0.39, 0.29) is 6.17 Å². The van der Waals surface area contributed by atoms with Crippen molar-refractivity contribution in [2.45, 2.75) is 25.4 Å². The Morgan fingerprint density at radius 3 is 2.71 bits per heavy atom. The van der Waals surface area contributed by atoms with Crippen molar-refractivity contribution < 1.29 is 0 Å². The molecule has 2 rings (SSSR count). The molecule has 0 spiro atoms. The highest BCUT2D eigenvalue weighted by Gasteiger charge is 2.17. The molecule has 76 valence electrons. The smallest absolute Gasteiger partial charge is 0.0756 e. The molecular weight excluding hydrogens is 174 g/mol. The van der Waals surface area contributed by atoms with Gasteiger partial charge in [0.15, 0.2) is 0 Å².